The monoisotopic (exact) mass is 255 g/mol. The Kier molecular flexibility index (Phi) is 3.50. The third kappa shape index (κ3) is 2.04. The summed E-state index contributed by atoms with van der Waals surface area (Å²) in [5.41, 5.74) is 8.78. The van der Waals surface area contributed by atoms with Crippen LogP contribution >= 0.6 is 15.9 Å². The van der Waals surface area contributed by atoms with Crippen molar-refractivity contribution in [1.29, 1.82) is 0 Å². The van der Waals surface area contributed by atoms with Gasteiger partial charge in [0.15, 0.2) is 0 Å². The Morgan fingerprint density at radius 3 is 2.93 bits per heavy atom. The maximum absolute atomic E-state index is 11.2. The average Bonchev–Trinajstić information content (AvgIpc) is 2.20. The van der Waals surface area contributed by atoms with Gasteiger partial charge >= 0.3 is 5.97 Å². The van der Waals surface area contributed by atoms with Gasteiger partial charge in [0.05, 0.1) is 18.4 Å². The predicted molar refractivity (Wildman–Crippen MR) is 54.3 cm³/mol. The van der Waals surface area contributed by atoms with Crippen LogP contribution in [0.5, 0.6) is 0 Å². The highest BCUT2D eigenvalue weighted by atomic mass is 79.9. The van der Waals surface area contributed by atoms with Crippen LogP contribution in [0.4, 0.5) is 5.69 Å². The van der Waals surface area contributed by atoms with Gasteiger partial charge in [-0.3, -0.25) is 0 Å². The molecule has 0 aliphatic carbocycles. The molecule has 0 aromatic heterocycles. The molecule has 6 heteroatoms. The smallest absolute Gasteiger partial charge is 0.338 e. The highest BCUT2D eigenvalue weighted by molar-refractivity contribution is 9.10. The van der Waals surface area contributed by atoms with E-state index < -0.39 is 5.97 Å². The summed E-state index contributed by atoms with van der Waals surface area (Å²) in [5, 5.41) is 3.41. The highest BCUT2D eigenvalue weighted by Gasteiger charge is 2.12. The number of azide groups is 1. The number of hydrogen-bond donors (Lipinski definition) is 0. The van der Waals surface area contributed by atoms with Crippen LogP contribution in [0, 0.1) is 0 Å². The first-order chi connectivity index (χ1) is 6.70. The molecule has 5 nitrogen and oxygen atoms in total. The molecule has 0 amide bonds. The average molecular weight is 256 g/mol. The molecule has 0 bridgehead atoms. The van der Waals surface area contributed by atoms with Gasteiger partial charge in [0, 0.05) is 9.38 Å². The quantitative estimate of drug-likeness (QED) is 0.352. The van der Waals surface area contributed by atoms with E-state index in [1.54, 1.807) is 12.1 Å². The SMILES string of the molecule is COC(=O)c1cccc(Br)c1N=[N+]=[N-]. The fourth-order valence-electron chi connectivity index (χ4n) is 0.936. The minimum absolute atomic E-state index is 0.236. The van der Waals surface area contributed by atoms with Crippen molar-refractivity contribution in [1.82, 2.24) is 0 Å². The largest absolute Gasteiger partial charge is 0.465 e. The lowest BCUT2D eigenvalue weighted by Gasteiger charge is -2.03. The van der Waals surface area contributed by atoms with Gasteiger partial charge in [-0.1, -0.05) is 27.1 Å². The molecule has 0 spiro atoms. The van der Waals surface area contributed by atoms with E-state index in [2.05, 4.69) is 30.7 Å². The zero-order chi connectivity index (χ0) is 10.6. The van der Waals surface area contributed by atoms with Crippen LogP contribution in [0.15, 0.2) is 27.8 Å². The van der Waals surface area contributed by atoms with Gasteiger partial charge in [-0.05, 0) is 17.7 Å². The summed E-state index contributed by atoms with van der Waals surface area (Å²) < 4.78 is 5.09. The van der Waals surface area contributed by atoms with E-state index in [1.165, 1.54) is 13.2 Å². The number of esters is 1. The van der Waals surface area contributed by atoms with Gasteiger partial charge in [0.1, 0.15) is 0 Å². The Morgan fingerprint density at radius 2 is 2.36 bits per heavy atom. The molecule has 0 atom stereocenters. The zero-order valence-corrected chi connectivity index (χ0v) is 8.85. The van der Waals surface area contributed by atoms with Crippen LogP contribution in [-0.2, 0) is 4.74 Å². The molecular weight excluding hydrogens is 250 g/mol. The Hall–Kier alpha value is -1.52. The normalized spacial score (nSPS) is 9.00. The first-order valence-electron chi connectivity index (χ1n) is 3.62. The van der Waals surface area contributed by atoms with Gasteiger partial charge < -0.3 is 4.74 Å². The van der Waals surface area contributed by atoms with Crippen molar-refractivity contribution in [3.8, 4) is 0 Å². The molecule has 0 N–H and O–H groups in total. The van der Waals surface area contributed by atoms with Gasteiger partial charge in [-0.25, -0.2) is 4.79 Å². The molecule has 72 valence electrons. The van der Waals surface area contributed by atoms with Crippen molar-refractivity contribution in [3.05, 3.63) is 38.7 Å². The summed E-state index contributed by atoms with van der Waals surface area (Å²) in [7, 11) is 1.27. The second-order valence-corrected chi connectivity index (χ2v) is 3.17. The standard InChI is InChI=1S/C8H6BrN3O2/c1-14-8(13)5-3-2-4-6(9)7(5)11-12-10/h2-4H,1H3. The third-order valence-corrected chi connectivity index (χ3v) is 2.18. The van der Waals surface area contributed by atoms with E-state index in [0.717, 1.165) is 0 Å². The topological polar surface area (TPSA) is 75.1 Å². The minimum atomic E-state index is -0.534. The summed E-state index contributed by atoms with van der Waals surface area (Å²) in [6.45, 7) is 0. The summed E-state index contributed by atoms with van der Waals surface area (Å²) in [5.74, 6) is -0.534. The second kappa shape index (κ2) is 4.64. The Morgan fingerprint density at radius 1 is 1.64 bits per heavy atom. The number of rotatable bonds is 2. The Bertz CT molecular complexity index is 413. The summed E-state index contributed by atoms with van der Waals surface area (Å²) >= 11 is 3.17. The molecule has 0 radical (unpaired) electrons. The molecular formula is C8H6BrN3O2. The van der Waals surface area contributed by atoms with Crippen LogP contribution < -0.4 is 0 Å². The van der Waals surface area contributed by atoms with E-state index in [4.69, 9.17) is 5.53 Å². The van der Waals surface area contributed by atoms with Gasteiger partial charge in [-0.15, -0.1) is 0 Å². The van der Waals surface area contributed by atoms with Gasteiger partial charge in [-0.2, -0.15) is 0 Å². The number of hydrogen-bond acceptors (Lipinski definition) is 3. The van der Waals surface area contributed by atoms with Crippen molar-refractivity contribution in [2.75, 3.05) is 7.11 Å². The second-order valence-electron chi connectivity index (χ2n) is 2.32. The predicted octanol–water partition coefficient (Wildman–Crippen LogP) is 3.18. The van der Waals surface area contributed by atoms with Crippen molar-refractivity contribution in [2.45, 2.75) is 0 Å². The maximum Gasteiger partial charge on any atom is 0.338 e. The fourth-order valence-corrected chi connectivity index (χ4v) is 1.38. The minimum Gasteiger partial charge on any atom is -0.465 e. The molecule has 0 unspecified atom stereocenters. The number of benzene rings is 1. The van der Waals surface area contributed by atoms with Crippen molar-refractivity contribution in [3.63, 3.8) is 0 Å². The molecule has 1 rings (SSSR count). The molecule has 0 aliphatic rings. The lowest BCUT2D eigenvalue weighted by Crippen LogP contribution is -2.01. The van der Waals surface area contributed by atoms with Crippen molar-refractivity contribution < 1.29 is 9.53 Å². The number of carbonyl (C=O) groups excluding carboxylic acids is 1. The van der Waals surface area contributed by atoms with E-state index >= 15 is 0 Å². The lowest BCUT2D eigenvalue weighted by atomic mass is 10.2. The summed E-state index contributed by atoms with van der Waals surface area (Å²) in [6.07, 6.45) is 0. The van der Waals surface area contributed by atoms with Crippen LogP contribution in [0.25, 0.3) is 10.4 Å². The third-order valence-electron chi connectivity index (χ3n) is 1.54. The lowest BCUT2D eigenvalue weighted by molar-refractivity contribution is 0.0601. The number of nitrogens with zero attached hydrogens (tertiary/aromatic N) is 3. The summed E-state index contributed by atoms with van der Waals surface area (Å²) in [4.78, 5) is 13.9. The number of methoxy groups -OCH3 is 1. The zero-order valence-electron chi connectivity index (χ0n) is 7.27. The Balaban J connectivity index is 3.34. The van der Waals surface area contributed by atoms with Crippen LogP contribution in [0.1, 0.15) is 10.4 Å². The first-order valence-corrected chi connectivity index (χ1v) is 4.42. The highest BCUT2D eigenvalue weighted by Crippen LogP contribution is 2.29. The number of halogens is 1. The molecule has 14 heavy (non-hydrogen) atoms. The van der Waals surface area contributed by atoms with Crippen LogP contribution in [0.2, 0.25) is 0 Å². The van der Waals surface area contributed by atoms with Crippen LogP contribution in [-0.4, -0.2) is 13.1 Å². The van der Waals surface area contributed by atoms with Gasteiger partial charge in [0.2, 0.25) is 0 Å². The van der Waals surface area contributed by atoms with E-state index in [1.807, 2.05) is 0 Å². The maximum atomic E-state index is 11.2. The first kappa shape index (κ1) is 10.6. The van der Waals surface area contributed by atoms with Crippen molar-refractivity contribution in [2.24, 2.45) is 5.11 Å². The number of ether oxygens (including phenoxy) is 1. The molecule has 0 heterocycles. The molecule has 1 aromatic carbocycles. The van der Waals surface area contributed by atoms with E-state index in [9.17, 15) is 4.79 Å². The molecule has 0 saturated carbocycles. The molecule has 0 saturated heterocycles. The van der Waals surface area contributed by atoms with Gasteiger partial charge in [0.25, 0.3) is 0 Å². The Labute approximate surface area is 88.4 Å². The van der Waals surface area contributed by atoms with Crippen LogP contribution in [0.3, 0.4) is 0 Å². The summed E-state index contributed by atoms with van der Waals surface area (Å²) in [6, 6.07) is 4.86. The van der Waals surface area contributed by atoms with E-state index in [0.29, 0.717) is 4.47 Å². The van der Waals surface area contributed by atoms with Crippen molar-refractivity contribution >= 4 is 27.6 Å². The fraction of sp³-hybridized carbons (Fsp3) is 0.125. The molecule has 0 fully saturated rings. The molecule has 1 aromatic rings. The molecule has 0 aliphatic heterocycles. The number of carbonyl (C=O) groups is 1. The van der Waals surface area contributed by atoms with E-state index in [-0.39, 0.29) is 11.3 Å².